The second-order valence-electron chi connectivity index (χ2n) is 10.6. The lowest BCUT2D eigenvalue weighted by Crippen LogP contribution is -2.63. The van der Waals surface area contributed by atoms with Gasteiger partial charge in [0.25, 0.3) is 0 Å². The quantitative estimate of drug-likeness (QED) is 0.330. The van der Waals surface area contributed by atoms with Gasteiger partial charge in [-0.3, -0.25) is 19.2 Å². The predicted molar refractivity (Wildman–Crippen MR) is 143 cm³/mol. The summed E-state index contributed by atoms with van der Waals surface area (Å²) in [5, 5.41) is 0. The van der Waals surface area contributed by atoms with E-state index in [4.69, 9.17) is 47.4 Å². The Labute approximate surface area is 251 Å². The van der Waals surface area contributed by atoms with Crippen LogP contribution in [0.25, 0.3) is 0 Å². The lowest BCUT2D eigenvalue weighted by molar-refractivity contribution is -0.288. The molecule has 14 nitrogen and oxygen atoms in total. The van der Waals surface area contributed by atoms with Gasteiger partial charge in [0.15, 0.2) is 23.7 Å². The van der Waals surface area contributed by atoms with E-state index in [-0.39, 0.29) is 31.2 Å². The summed E-state index contributed by atoms with van der Waals surface area (Å²) >= 11 is 0. The van der Waals surface area contributed by atoms with Crippen molar-refractivity contribution in [3.63, 3.8) is 0 Å². The molecule has 0 aromatic heterocycles. The maximum atomic E-state index is 12.1. The minimum Gasteiger partial charge on any atom is -0.492 e. The normalized spacial score (nSPS) is 27.3. The van der Waals surface area contributed by atoms with E-state index >= 15 is 0 Å². The van der Waals surface area contributed by atoms with E-state index in [9.17, 15) is 19.2 Å². The average Bonchev–Trinajstić information content (AvgIpc) is 3.56. The molecule has 0 aliphatic carbocycles. The molecule has 234 valence electrons. The molecule has 4 aliphatic heterocycles. The number of benzene rings is 2. The number of carbonyl (C=O) groups is 4. The zero-order valence-corrected chi connectivity index (χ0v) is 24.3. The molecule has 6 rings (SSSR count). The van der Waals surface area contributed by atoms with Crippen LogP contribution in [0.2, 0.25) is 0 Å². The maximum absolute atomic E-state index is 12.1. The Kier molecular flexibility index (Phi) is 7.84. The van der Waals surface area contributed by atoms with E-state index in [1.807, 2.05) is 12.1 Å². The number of rotatable bonds is 7. The first-order valence-electron chi connectivity index (χ1n) is 13.9. The van der Waals surface area contributed by atoms with Crippen molar-refractivity contribution >= 4 is 23.9 Å². The van der Waals surface area contributed by atoms with Gasteiger partial charge >= 0.3 is 23.9 Å². The Bertz CT molecular complexity index is 1490. The molecule has 44 heavy (non-hydrogen) atoms. The highest BCUT2D eigenvalue weighted by molar-refractivity contribution is 5.69. The zero-order valence-electron chi connectivity index (χ0n) is 24.3. The van der Waals surface area contributed by atoms with Gasteiger partial charge in [0, 0.05) is 51.0 Å². The molecule has 0 N–H and O–H groups in total. The van der Waals surface area contributed by atoms with Crippen molar-refractivity contribution in [3.8, 4) is 28.7 Å². The summed E-state index contributed by atoms with van der Waals surface area (Å²) in [6.07, 6.45) is -6.85. The third-order valence-electron chi connectivity index (χ3n) is 7.43. The van der Waals surface area contributed by atoms with Gasteiger partial charge in [-0.15, -0.1) is 0 Å². The predicted octanol–water partition coefficient (Wildman–Crippen LogP) is 2.49. The number of esters is 4. The van der Waals surface area contributed by atoms with Crippen molar-refractivity contribution in [2.75, 3.05) is 20.0 Å². The number of ether oxygens (including phenoxy) is 10. The van der Waals surface area contributed by atoms with E-state index in [1.165, 1.54) is 6.92 Å². The van der Waals surface area contributed by atoms with Gasteiger partial charge in [-0.2, -0.15) is 0 Å². The number of carbonyl (C=O) groups excluding carboxylic acids is 4. The average molecular weight is 615 g/mol. The summed E-state index contributed by atoms with van der Waals surface area (Å²) < 4.78 is 57.1. The molecule has 1 saturated heterocycles. The fraction of sp³-hybridized carbons (Fsp3) is 0.467. The van der Waals surface area contributed by atoms with Crippen LogP contribution in [0.5, 0.6) is 28.7 Å². The summed E-state index contributed by atoms with van der Waals surface area (Å²) in [4.78, 5) is 47.8. The van der Waals surface area contributed by atoms with Gasteiger partial charge in [0.1, 0.15) is 36.1 Å². The van der Waals surface area contributed by atoms with Gasteiger partial charge in [-0.1, -0.05) is 0 Å². The van der Waals surface area contributed by atoms with Crippen LogP contribution in [-0.4, -0.2) is 74.6 Å². The minimum absolute atomic E-state index is 0.0708. The number of hydrogen-bond acceptors (Lipinski definition) is 14. The highest BCUT2D eigenvalue weighted by Crippen LogP contribution is 2.54. The van der Waals surface area contributed by atoms with Crippen molar-refractivity contribution in [1.29, 1.82) is 0 Å². The summed E-state index contributed by atoms with van der Waals surface area (Å²) in [5.41, 5.74) is 1.75. The van der Waals surface area contributed by atoms with Gasteiger partial charge in [0.2, 0.25) is 19.2 Å². The molecular formula is C30H30O14. The van der Waals surface area contributed by atoms with Gasteiger partial charge in [-0.05, 0) is 18.2 Å². The van der Waals surface area contributed by atoms with E-state index in [1.54, 1.807) is 18.2 Å². The Morgan fingerprint density at radius 1 is 0.727 bits per heavy atom. The molecule has 2 aromatic carbocycles. The van der Waals surface area contributed by atoms with E-state index in [0.29, 0.717) is 29.6 Å². The van der Waals surface area contributed by atoms with Crippen LogP contribution < -0.4 is 23.7 Å². The third-order valence-corrected chi connectivity index (χ3v) is 7.43. The molecule has 7 atom stereocenters. The molecule has 4 aliphatic rings. The molecule has 1 fully saturated rings. The lowest BCUT2D eigenvalue weighted by atomic mass is 9.89. The summed E-state index contributed by atoms with van der Waals surface area (Å²) in [7, 11) is 0. The molecular weight excluding hydrogens is 584 g/mol. The number of fused-ring (bicyclic) bond motifs is 6. The molecule has 0 radical (unpaired) electrons. The van der Waals surface area contributed by atoms with Gasteiger partial charge in [0.05, 0.1) is 12.5 Å². The molecule has 0 bridgehead atoms. The Morgan fingerprint density at radius 2 is 1.41 bits per heavy atom. The van der Waals surface area contributed by atoms with Crippen molar-refractivity contribution in [1.82, 2.24) is 0 Å². The first-order valence-corrected chi connectivity index (χ1v) is 13.9. The number of hydrogen-bond donors (Lipinski definition) is 0. The second kappa shape index (κ2) is 11.8. The Hall–Kier alpha value is -4.72. The van der Waals surface area contributed by atoms with Crippen molar-refractivity contribution < 1.29 is 66.5 Å². The standard InChI is InChI=1S/C30H30O14/c1-13(31)35-11-25-27(39-14(2)32)28(40-15(3)33)29(41-16(4)34)30(44-25)42-17-5-6-18-21(7-17)36-10-20-19-8-23-24(38-12-37-23)9-22(19)43-26(18)20/h5-9,20,25-30H,10-12H2,1-4H3/t20-,25-,26-,27-,28+,29-,30-/m0/s1. The first kappa shape index (κ1) is 29.4. The summed E-state index contributed by atoms with van der Waals surface area (Å²) in [6.45, 7) is 4.76. The summed E-state index contributed by atoms with van der Waals surface area (Å²) in [6, 6.07) is 8.82. The molecule has 0 spiro atoms. The largest absolute Gasteiger partial charge is 0.492 e. The van der Waals surface area contributed by atoms with Crippen LogP contribution in [0.1, 0.15) is 50.8 Å². The van der Waals surface area contributed by atoms with Crippen LogP contribution in [0, 0.1) is 0 Å². The zero-order chi connectivity index (χ0) is 31.1. The van der Waals surface area contributed by atoms with Gasteiger partial charge < -0.3 is 47.4 Å². The van der Waals surface area contributed by atoms with Crippen LogP contribution in [0.15, 0.2) is 30.3 Å². The molecule has 0 amide bonds. The van der Waals surface area contributed by atoms with Crippen molar-refractivity contribution in [2.45, 2.75) is 70.4 Å². The topological polar surface area (TPSA) is 161 Å². The van der Waals surface area contributed by atoms with Crippen molar-refractivity contribution in [2.24, 2.45) is 0 Å². The fourth-order valence-electron chi connectivity index (χ4n) is 5.72. The smallest absolute Gasteiger partial charge is 0.303 e. The lowest BCUT2D eigenvalue weighted by Gasteiger charge is -2.44. The van der Waals surface area contributed by atoms with Crippen LogP contribution in [0.3, 0.4) is 0 Å². The van der Waals surface area contributed by atoms with Gasteiger partial charge in [-0.25, -0.2) is 0 Å². The summed E-state index contributed by atoms with van der Waals surface area (Å²) in [5.74, 6) is -0.152. The van der Waals surface area contributed by atoms with Crippen molar-refractivity contribution in [3.05, 3.63) is 41.5 Å². The molecule has 14 heteroatoms. The fourth-order valence-corrected chi connectivity index (χ4v) is 5.72. The Balaban J connectivity index is 1.27. The maximum Gasteiger partial charge on any atom is 0.303 e. The van der Waals surface area contributed by atoms with Crippen LogP contribution in [-0.2, 0) is 42.9 Å². The molecule has 4 heterocycles. The third kappa shape index (κ3) is 5.76. The Morgan fingerprint density at radius 3 is 2.11 bits per heavy atom. The van der Waals surface area contributed by atoms with E-state index in [2.05, 4.69) is 0 Å². The second-order valence-corrected chi connectivity index (χ2v) is 10.6. The van der Waals surface area contributed by atoms with Crippen LogP contribution >= 0.6 is 0 Å². The highest BCUT2D eigenvalue weighted by atomic mass is 16.7. The molecule has 0 unspecified atom stereocenters. The monoisotopic (exact) mass is 614 g/mol. The highest BCUT2D eigenvalue weighted by Gasteiger charge is 2.53. The minimum atomic E-state index is -1.38. The van der Waals surface area contributed by atoms with E-state index < -0.39 is 54.6 Å². The SMILES string of the molecule is CC(=O)OC[C@@H]1O[C@H](Oc2ccc3c(c2)OC[C@H]2c4cc5c(cc4O[C@@H]32)OCO5)[C@@H](OC(C)=O)[C@H](OC(C)=O)[C@H]1OC(C)=O. The van der Waals surface area contributed by atoms with Crippen LogP contribution in [0.4, 0.5) is 0 Å². The first-order chi connectivity index (χ1) is 21.1. The van der Waals surface area contributed by atoms with E-state index in [0.717, 1.165) is 31.9 Å². The molecule has 0 saturated carbocycles. The molecule has 2 aromatic rings.